The van der Waals surface area contributed by atoms with Crippen molar-refractivity contribution in [1.29, 1.82) is 0 Å². The minimum absolute atomic E-state index is 0.0400. The first-order chi connectivity index (χ1) is 5.13. The molecule has 62 valence electrons. The predicted molar refractivity (Wildman–Crippen MR) is 47.3 cm³/mol. The smallest absolute Gasteiger partial charge is 0.252 e. The third kappa shape index (κ3) is 3.03. The predicted octanol–water partition coefficient (Wildman–Crippen LogP) is 1.60. The Morgan fingerprint density at radius 2 is 2.18 bits per heavy atom. The van der Waals surface area contributed by atoms with E-state index in [0.29, 0.717) is 5.57 Å². The first-order valence-corrected chi connectivity index (χ1v) is 3.70. The lowest BCUT2D eigenvalue weighted by Gasteiger charge is -2.15. The number of likely N-dealkylation sites (N-methyl/N-ethyl adjacent to an activating group) is 1. The molecule has 0 aliphatic rings. The summed E-state index contributed by atoms with van der Waals surface area (Å²) >= 11 is 0. The number of amides is 1. The van der Waals surface area contributed by atoms with Crippen molar-refractivity contribution in [2.45, 2.75) is 13.3 Å². The van der Waals surface area contributed by atoms with Gasteiger partial charge < -0.3 is 4.90 Å². The highest BCUT2D eigenvalue weighted by molar-refractivity contribution is 5.95. The lowest BCUT2D eigenvalue weighted by atomic mass is 10.2. The maximum Gasteiger partial charge on any atom is 0.252 e. The third-order valence-corrected chi connectivity index (χ3v) is 1.43. The monoisotopic (exact) mass is 153 g/mol. The molecule has 0 fully saturated rings. The van der Waals surface area contributed by atoms with Crippen molar-refractivity contribution in [1.82, 2.24) is 4.90 Å². The van der Waals surface area contributed by atoms with Gasteiger partial charge in [0, 0.05) is 19.2 Å². The van der Waals surface area contributed by atoms with E-state index in [4.69, 9.17) is 0 Å². The number of hydrogen-bond donors (Lipinski definition) is 0. The van der Waals surface area contributed by atoms with Crippen LogP contribution in [0.1, 0.15) is 13.3 Å². The molecular formula is C9H15NO. The number of nitrogens with zero attached hydrogens (tertiary/aromatic N) is 1. The zero-order valence-electron chi connectivity index (χ0n) is 7.26. The maximum atomic E-state index is 11.2. The SMILES string of the molecule is C=CC(=C)C(=O)N(C)CCC. The fraction of sp³-hybridized carbons (Fsp3) is 0.444. The minimum atomic E-state index is -0.0400. The molecule has 0 aliphatic carbocycles. The molecule has 0 saturated heterocycles. The van der Waals surface area contributed by atoms with Crippen LogP contribution in [0.4, 0.5) is 0 Å². The van der Waals surface area contributed by atoms with E-state index in [1.807, 2.05) is 6.92 Å². The fourth-order valence-electron chi connectivity index (χ4n) is 0.769. The Morgan fingerprint density at radius 1 is 1.64 bits per heavy atom. The molecule has 2 heteroatoms. The molecule has 1 amide bonds. The zero-order chi connectivity index (χ0) is 8.85. The molecule has 0 aromatic rings. The zero-order valence-corrected chi connectivity index (χ0v) is 7.26. The van der Waals surface area contributed by atoms with Crippen LogP contribution in [-0.4, -0.2) is 24.4 Å². The molecule has 0 spiro atoms. The summed E-state index contributed by atoms with van der Waals surface area (Å²) in [6, 6.07) is 0. The molecule has 0 atom stereocenters. The van der Waals surface area contributed by atoms with Crippen molar-refractivity contribution in [3.05, 3.63) is 24.8 Å². The summed E-state index contributed by atoms with van der Waals surface area (Å²) in [5.74, 6) is -0.0400. The first kappa shape index (κ1) is 9.95. The molecule has 0 radical (unpaired) electrons. The second-order valence-electron chi connectivity index (χ2n) is 2.46. The highest BCUT2D eigenvalue weighted by Gasteiger charge is 2.07. The van der Waals surface area contributed by atoms with Gasteiger partial charge in [0.2, 0.25) is 0 Å². The summed E-state index contributed by atoms with van der Waals surface area (Å²) in [6.07, 6.45) is 2.45. The molecule has 0 N–H and O–H groups in total. The lowest BCUT2D eigenvalue weighted by molar-refractivity contribution is -0.125. The summed E-state index contributed by atoms with van der Waals surface area (Å²) < 4.78 is 0. The Hall–Kier alpha value is -1.05. The topological polar surface area (TPSA) is 20.3 Å². The fourth-order valence-corrected chi connectivity index (χ4v) is 0.769. The highest BCUT2D eigenvalue weighted by atomic mass is 16.2. The second kappa shape index (κ2) is 4.72. The van der Waals surface area contributed by atoms with Gasteiger partial charge in [0.15, 0.2) is 0 Å². The van der Waals surface area contributed by atoms with Gasteiger partial charge in [-0.3, -0.25) is 4.79 Å². The van der Waals surface area contributed by atoms with E-state index >= 15 is 0 Å². The number of rotatable bonds is 4. The van der Waals surface area contributed by atoms with Gasteiger partial charge in [-0.15, -0.1) is 0 Å². The van der Waals surface area contributed by atoms with Crippen molar-refractivity contribution in [2.24, 2.45) is 0 Å². The molecule has 2 nitrogen and oxygen atoms in total. The largest absolute Gasteiger partial charge is 0.342 e. The Labute approximate surface area is 68.2 Å². The standard InChI is InChI=1S/C9H15NO/c1-5-7-10(4)9(11)8(3)6-2/h6H,2-3,5,7H2,1,4H3. The van der Waals surface area contributed by atoms with E-state index in [2.05, 4.69) is 13.2 Å². The van der Waals surface area contributed by atoms with Gasteiger partial charge in [-0.25, -0.2) is 0 Å². The quantitative estimate of drug-likeness (QED) is 0.443. The van der Waals surface area contributed by atoms with E-state index in [1.165, 1.54) is 6.08 Å². The third-order valence-electron chi connectivity index (χ3n) is 1.43. The summed E-state index contributed by atoms with van der Waals surface area (Å²) in [5.41, 5.74) is 0.459. The molecule has 0 aliphatic heterocycles. The van der Waals surface area contributed by atoms with Crippen molar-refractivity contribution in [3.63, 3.8) is 0 Å². The molecule has 0 saturated carbocycles. The van der Waals surface area contributed by atoms with Gasteiger partial charge >= 0.3 is 0 Å². The normalized spacial score (nSPS) is 8.91. The van der Waals surface area contributed by atoms with E-state index in [1.54, 1.807) is 11.9 Å². The number of hydrogen-bond acceptors (Lipinski definition) is 1. The van der Waals surface area contributed by atoms with Crippen LogP contribution in [0.2, 0.25) is 0 Å². The van der Waals surface area contributed by atoms with Crippen LogP contribution < -0.4 is 0 Å². The number of carbonyl (C=O) groups is 1. The van der Waals surface area contributed by atoms with Gasteiger partial charge in [0.1, 0.15) is 0 Å². The molecule has 0 heterocycles. The van der Waals surface area contributed by atoms with Gasteiger partial charge in [0.05, 0.1) is 0 Å². The van der Waals surface area contributed by atoms with Crippen molar-refractivity contribution < 1.29 is 4.79 Å². The van der Waals surface area contributed by atoms with Gasteiger partial charge in [-0.05, 0) is 6.42 Å². The van der Waals surface area contributed by atoms with Crippen LogP contribution in [-0.2, 0) is 4.79 Å². The molecule has 0 aromatic heterocycles. The van der Waals surface area contributed by atoms with Crippen molar-refractivity contribution in [2.75, 3.05) is 13.6 Å². The van der Waals surface area contributed by atoms with Crippen molar-refractivity contribution >= 4 is 5.91 Å². The Morgan fingerprint density at radius 3 is 2.55 bits per heavy atom. The minimum Gasteiger partial charge on any atom is -0.342 e. The molecule has 11 heavy (non-hydrogen) atoms. The molecule has 0 aromatic carbocycles. The molecule has 0 rings (SSSR count). The van der Waals surface area contributed by atoms with Crippen LogP contribution in [0.3, 0.4) is 0 Å². The highest BCUT2D eigenvalue weighted by Crippen LogP contribution is 1.98. The lowest BCUT2D eigenvalue weighted by Crippen LogP contribution is -2.27. The summed E-state index contributed by atoms with van der Waals surface area (Å²) in [6.45, 7) is 9.84. The molecule has 0 unspecified atom stereocenters. The van der Waals surface area contributed by atoms with Crippen molar-refractivity contribution in [3.8, 4) is 0 Å². The van der Waals surface area contributed by atoms with E-state index in [0.717, 1.165) is 13.0 Å². The van der Waals surface area contributed by atoms with Gasteiger partial charge in [0.25, 0.3) is 5.91 Å². The number of carbonyl (C=O) groups excluding carboxylic acids is 1. The average molecular weight is 153 g/mol. The maximum absolute atomic E-state index is 11.2. The van der Waals surface area contributed by atoms with Gasteiger partial charge in [-0.2, -0.15) is 0 Å². The summed E-state index contributed by atoms with van der Waals surface area (Å²) in [7, 11) is 1.76. The Kier molecular flexibility index (Phi) is 4.27. The van der Waals surface area contributed by atoms with E-state index < -0.39 is 0 Å². The first-order valence-electron chi connectivity index (χ1n) is 3.70. The Bertz CT molecular complexity index is 172. The molecular weight excluding hydrogens is 138 g/mol. The Balaban J connectivity index is 4.01. The van der Waals surface area contributed by atoms with Crippen LogP contribution >= 0.6 is 0 Å². The van der Waals surface area contributed by atoms with E-state index in [9.17, 15) is 4.79 Å². The van der Waals surface area contributed by atoms with Gasteiger partial charge in [-0.1, -0.05) is 26.2 Å². The second-order valence-corrected chi connectivity index (χ2v) is 2.46. The van der Waals surface area contributed by atoms with Crippen LogP contribution in [0, 0.1) is 0 Å². The average Bonchev–Trinajstić information content (AvgIpc) is 2.02. The van der Waals surface area contributed by atoms with Crippen LogP contribution in [0.15, 0.2) is 24.8 Å². The van der Waals surface area contributed by atoms with Crippen LogP contribution in [0.25, 0.3) is 0 Å². The summed E-state index contributed by atoms with van der Waals surface area (Å²) in [5, 5.41) is 0. The van der Waals surface area contributed by atoms with E-state index in [-0.39, 0.29) is 5.91 Å². The van der Waals surface area contributed by atoms with Crippen LogP contribution in [0.5, 0.6) is 0 Å². The molecule has 0 bridgehead atoms. The summed E-state index contributed by atoms with van der Waals surface area (Å²) in [4.78, 5) is 12.9.